The zero-order valence-electron chi connectivity index (χ0n) is 12.4. The van der Waals surface area contributed by atoms with Crippen LogP contribution >= 0.6 is 23.2 Å². The summed E-state index contributed by atoms with van der Waals surface area (Å²) in [7, 11) is 1.57. The zero-order valence-corrected chi connectivity index (χ0v) is 13.9. The molecule has 0 bridgehead atoms. The Hall–Kier alpha value is -2.11. The van der Waals surface area contributed by atoms with Gasteiger partial charge >= 0.3 is 6.03 Å². The quantitative estimate of drug-likeness (QED) is 0.764. The molecule has 23 heavy (non-hydrogen) atoms. The molecule has 0 radical (unpaired) electrons. The molecule has 2 rings (SSSR count). The number of hydrogen-bond acceptors (Lipinski definition) is 3. The molecule has 0 saturated carbocycles. The van der Waals surface area contributed by atoms with Crippen LogP contribution in [0.4, 0.5) is 10.5 Å². The van der Waals surface area contributed by atoms with Gasteiger partial charge in [0, 0.05) is 0 Å². The molecule has 122 valence electrons. The highest BCUT2D eigenvalue weighted by atomic mass is 35.5. The smallest absolute Gasteiger partial charge is 0.319 e. The van der Waals surface area contributed by atoms with Crippen molar-refractivity contribution in [3.63, 3.8) is 0 Å². The number of ether oxygens (including phenoxy) is 2. The van der Waals surface area contributed by atoms with Gasteiger partial charge in [-0.3, -0.25) is 0 Å². The number of hydrogen-bond donors (Lipinski definition) is 2. The van der Waals surface area contributed by atoms with Crippen LogP contribution in [-0.2, 0) is 0 Å². The third-order valence-corrected chi connectivity index (χ3v) is 3.73. The van der Waals surface area contributed by atoms with Gasteiger partial charge in [0.25, 0.3) is 0 Å². The molecule has 0 heterocycles. The highest BCUT2D eigenvalue weighted by molar-refractivity contribution is 6.43. The van der Waals surface area contributed by atoms with Crippen molar-refractivity contribution in [3.8, 4) is 11.5 Å². The van der Waals surface area contributed by atoms with Crippen molar-refractivity contribution in [1.82, 2.24) is 5.32 Å². The Morgan fingerprint density at radius 2 is 1.83 bits per heavy atom. The predicted octanol–water partition coefficient (Wildman–Crippen LogP) is 4.20. The van der Waals surface area contributed by atoms with Crippen LogP contribution in [0.1, 0.15) is 0 Å². The van der Waals surface area contributed by atoms with Crippen molar-refractivity contribution in [2.24, 2.45) is 0 Å². The van der Waals surface area contributed by atoms with Crippen LogP contribution in [0.15, 0.2) is 42.5 Å². The van der Waals surface area contributed by atoms with Crippen molar-refractivity contribution >= 4 is 34.9 Å². The average molecular weight is 355 g/mol. The molecule has 0 aromatic heterocycles. The molecule has 0 saturated heterocycles. The van der Waals surface area contributed by atoms with E-state index in [0.717, 1.165) is 0 Å². The minimum Gasteiger partial charge on any atom is -0.493 e. The van der Waals surface area contributed by atoms with Gasteiger partial charge in [0.05, 0.1) is 29.4 Å². The van der Waals surface area contributed by atoms with E-state index in [-0.39, 0.29) is 0 Å². The van der Waals surface area contributed by atoms with Crippen LogP contribution in [0.25, 0.3) is 0 Å². The standard InChI is InChI=1S/C16H16Cl2N2O3/c1-22-13-7-2-3-8-14(13)23-10-9-19-16(21)20-12-6-4-5-11(17)15(12)18/h2-8H,9-10H2,1H3,(H2,19,20,21). The van der Waals surface area contributed by atoms with E-state index >= 15 is 0 Å². The van der Waals surface area contributed by atoms with Crippen LogP contribution in [-0.4, -0.2) is 26.3 Å². The number of amides is 2. The van der Waals surface area contributed by atoms with Crippen LogP contribution < -0.4 is 20.1 Å². The molecular weight excluding hydrogens is 339 g/mol. The number of halogens is 2. The first kappa shape index (κ1) is 17.2. The van der Waals surface area contributed by atoms with Crippen molar-refractivity contribution in [3.05, 3.63) is 52.5 Å². The Morgan fingerprint density at radius 1 is 1.09 bits per heavy atom. The highest BCUT2D eigenvalue weighted by Crippen LogP contribution is 2.29. The number of anilines is 1. The Morgan fingerprint density at radius 3 is 2.57 bits per heavy atom. The fourth-order valence-corrected chi connectivity index (χ4v) is 2.18. The van der Waals surface area contributed by atoms with Gasteiger partial charge in [-0.05, 0) is 24.3 Å². The molecule has 0 aliphatic rings. The lowest BCUT2D eigenvalue weighted by atomic mass is 10.3. The van der Waals surface area contributed by atoms with E-state index in [2.05, 4.69) is 10.6 Å². The van der Waals surface area contributed by atoms with Gasteiger partial charge in [-0.1, -0.05) is 41.4 Å². The van der Waals surface area contributed by atoms with Gasteiger partial charge in [0.2, 0.25) is 0 Å². The van der Waals surface area contributed by atoms with Crippen molar-refractivity contribution in [2.75, 3.05) is 25.6 Å². The van der Waals surface area contributed by atoms with E-state index in [0.29, 0.717) is 40.4 Å². The van der Waals surface area contributed by atoms with Crippen molar-refractivity contribution in [2.45, 2.75) is 0 Å². The average Bonchev–Trinajstić information content (AvgIpc) is 2.56. The van der Waals surface area contributed by atoms with Gasteiger partial charge in [-0.25, -0.2) is 4.79 Å². The number of rotatable bonds is 6. The fraction of sp³-hybridized carbons (Fsp3) is 0.188. The lowest BCUT2D eigenvalue weighted by molar-refractivity contribution is 0.246. The second-order valence-corrected chi connectivity index (χ2v) is 5.27. The topological polar surface area (TPSA) is 59.6 Å². The number of nitrogens with one attached hydrogen (secondary N) is 2. The summed E-state index contributed by atoms with van der Waals surface area (Å²) in [5, 5.41) is 5.97. The van der Waals surface area contributed by atoms with E-state index in [1.807, 2.05) is 12.1 Å². The Balaban J connectivity index is 1.78. The minimum atomic E-state index is -0.391. The third-order valence-electron chi connectivity index (χ3n) is 2.91. The molecule has 0 aliphatic heterocycles. The lowest BCUT2D eigenvalue weighted by Crippen LogP contribution is -2.32. The van der Waals surface area contributed by atoms with E-state index in [4.69, 9.17) is 32.7 Å². The number of urea groups is 1. The van der Waals surface area contributed by atoms with Gasteiger partial charge in [-0.15, -0.1) is 0 Å². The first-order chi connectivity index (χ1) is 11.1. The molecule has 0 spiro atoms. The molecule has 2 N–H and O–H groups in total. The highest BCUT2D eigenvalue weighted by Gasteiger charge is 2.08. The van der Waals surface area contributed by atoms with Crippen LogP contribution in [0.3, 0.4) is 0 Å². The summed E-state index contributed by atoms with van der Waals surface area (Å²) in [6.07, 6.45) is 0. The maximum absolute atomic E-state index is 11.8. The molecule has 5 nitrogen and oxygen atoms in total. The number of carbonyl (C=O) groups excluding carboxylic acids is 1. The first-order valence-electron chi connectivity index (χ1n) is 6.86. The number of carbonyl (C=O) groups is 1. The molecule has 7 heteroatoms. The molecule has 0 unspecified atom stereocenters. The summed E-state index contributed by atoms with van der Waals surface area (Å²) in [5.74, 6) is 1.26. The van der Waals surface area contributed by atoms with Crippen LogP contribution in [0.2, 0.25) is 10.0 Å². The first-order valence-corrected chi connectivity index (χ1v) is 7.62. The van der Waals surface area contributed by atoms with Gasteiger partial charge in [0.1, 0.15) is 6.61 Å². The van der Waals surface area contributed by atoms with Crippen LogP contribution in [0, 0.1) is 0 Å². The molecule has 2 aromatic rings. The summed E-state index contributed by atoms with van der Waals surface area (Å²) in [6, 6.07) is 11.9. The zero-order chi connectivity index (χ0) is 16.7. The number of para-hydroxylation sites is 2. The lowest BCUT2D eigenvalue weighted by Gasteiger charge is -2.12. The summed E-state index contributed by atoms with van der Waals surface area (Å²) >= 11 is 11.9. The monoisotopic (exact) mass is 354 g/mol. The second kappa shape index (κ2) is 8.50. The van der Waals surface area contributed by atoms with Crippen molar-refractivity contribution in [1.29, 1.82) is 0 Å². The van der Waals surface area contributed by atoms with E-state index in [1.165, 1.54) is 0 Å². The number of benzene rings is 2. The Bertz CT molecular complexity index is 680. The largest absolute Gasteiger partial charge is 0.493 e. The SMILES string of the molecule is COc1ccccc1OCCNC(=O)Nc1cccc(Cl)c1Cl. The molecular formula is C16H16Cl2N2O3. The summed E-state index contributed by atoms with van der Waals surface area (Å²) in [6.45, 7) is 0.624. The van der Waals surface area contributed by atoms with E-state index in [9.17, 15) is 4.79 Å². The van der Waals surface area contributed by atoms with Gasteiger partial charge in [-0.2, -0.15) is 0 Å². The maximum Gasteiger partial charge on any atom is 0.319 e. The molecule has 0 aliphatic carbocycles. The fourth-order valence-electron chi connectivity index (χ4n) is 1.83. The Kier molecular flexibility index (Phi) is 6.38. The van der Waals surface area contributed by atoms with Crippen molar-refractivity contribution < 1.29 is 14.3 Å². The minimum absolute atomic E-state index is 0.301. The molecule has 0 fully saturated rings. The summed E-state index contributed by atoms with van der Waals surface area (Å²) < 4.78 is 10.7. The van der Waals surface area contributed by atoms with Crippen LogP contribution in [0.5, 0.6) is 11.5 Å². The second-order valence-electron chi connectivity index (χ2n) is 4.48. The van der Waals surface area contributed by atoms with Gasteiger partial charge in [0.15, 0.2) is 11.5 Å². The van der Waals surface area contributed by atoms with E-state index < -0.39 is 6.03 Å². The molecule has 2 aromatic carbocycles. The Labute approximate surface area is 144 Å². The maximum atomic E-state index is 11.8. The molecule has 2 amide bonds. The summed E-state index contributed by atoms with van der Waals surface area (Å²) in [5.41, 5.74) is 0.447. The summed E-state index contributed by atoms with van der Waals surface area (Å²) in [4.78, 5) is 11.8. The predicted molar refractivity (Wildman–Crippen MR) is 92.0 cm³/mol. The van der Waals surface area contributed by atoms with Gasteiger partial charge < -0.3 is 20.1 Å². The van der Waals surface area contributed by atoms with E-state index in [1.54, 1.807) is 37.4 Å². The number of methoxy groups -OCH3 is 1. The third kappa shape index (κ3) is 4.94. The normalized spacial score (nSPS) is 10.0. The molecule has 0 atom stereocenters.